The van der Waals surface area contributed by atoms with Gasteiger partial charge in [-0.25, -0.2) is 0 Å². The number of aldehydes is 1. The highest BCUT2D eigenvalue weighted by Gasteiger charge is 2.12. The quantitative estimate of drug-likeness (QED) is 0.571. The van der Waals surface area contributed by atoms with Gasteiger partial charge in [0.05, 0.1) is 5.56 Å². The summed E-state index contributed by atoms with van der Waals surface area (Å²) in [7, 11) is 0. The number of nitrogens with zero attached hydrogens (tertiary/aromatic N) is 2. The van der Waals surface area contributed by atoms with Crippen LogP contribution in [0.4, 0.5) is 0 Å². The molecule has 16 heavy (non-hydrogen) atoms. The summed E-state index contributed by atoms with van der Waals surface area (Å²) in [5.74, 6) is -0.224. The second kappa shape index (κ2) is 4.44. The largest absolute Gasteiger partial charge is 0.298 e. The van der Waals surface area contributed by atoms with Gasteiger partial charge in [-0.05, 0) is 18.2 Å². The second-order valence-corrected chi connectivity index (χ2v) is 3.15. The minimum atomic E-state index is -0.224. The van der Waals surface area contributed by atoms with Crippen molar-refractivity contribution in [3.05, 3.63) is 59.7 Å². The standard InChI is InChI=1S/C12H8N2O2/c15-8-10-3-6-14-7-11(10)12(16)9-1-4-13-5-2-9/h1-8H. The molecule has 4 nitrogen and oxygen atoms in total. The maximum absolute atomic E-state index is 12.0. The Bertz CT molecular complexity index is 524. The maximum Gasteiger partial charge on any atom is 0.195 e. The van der Waals surface area contributed by atoms with Crippen LogP contribution in [0.1, 0.15) is 26.3 Å². The van der Waals surface area contributed by atoms with E-state index >= 15 is 0 Å². The molecule has 0 unspecified atom stereocenters. The van der Waals surface area contributed by atoms with Crippen LogP contribution in [0.3, 0.4) is 0 Å². The number of carbonyl (C=O) groups excluding carboxylic acids is 2. The van der Waals surface area contributed by atoms with Crippen molar-refractivity contribution in [2.24, 2.45) is 0 Å². The summed E-state index contributed by atoms with van der Waals surface area (Å²) in [6, 6.07) is 4.72. The molecule has 2 heterocycles. The molecule has 0 amide bonds. The van der Waals surface area contributed by atoms with Crippen molar-refractivity contribution in [1.82, 2.24) is 9.97 Å². The van der Waals surface area contributed by atoms with Crippen LogP contribution < -0.4 is 0 Å². The normalized spacial score (nSPS) is 9.75. The van der Waals surface area contributed by atoms with E-state index in [2.05, 4.69) is 9.97 Å². The number of hydrogen-bond acceptors (Lipinski definition) is 4. The highest BCUT2D eigenvalue weighted by atomic mass is 16.1. The average molecular weight is 212 g/mol. The van der Waals surface area contributed by atoms with Crippen LogP contribution in [0.2, 0.25) is 0 Å². The number of hydrogen-bond donors (Lipinski definition) is 0. The molecule has 0 bridgehead atoms. The molecular weight excluding hydrogens is 204 g/mol. The van der Waals surface area contributed by atoms with Crippen LogP contribution in [0.15, 0.2) is 43.0 Å². The molecule has 0 spiro atoms. The van der Waals surface area contributed by atoms with Gasteiger partial charge in [-0.3, -0.25) is 19.6 Å². The summed E-state index contributed by atoms with van der Waals surface area (Å²) in [5, 5.41) is 0. The van der Waals surface area contributed by atoms with Crippen molar-refractivity contribution in [1.29, 1.82) is 0 Å². The summed E-state index contributed by atoms with van der Waals surface area (Å²) in [6.07, 6.45) is 6.59. The molecule has 0 saturated carbocycles. The van der Waals surface area contributed by atoms with Gasteiger partial charge in [0.1, 0.15) is 0 Å². The Balaban J connectivity index is 2.46. The van der Waals surface area contributed by atoms with Gasteiger partial charge in [0.25, 0.3) is 0 Å². The van der Waals surface area contributed by atoms with Crippen LogP contribution in [-0.4, -0.2) is 22.0 Å². The summed E-state index contributed by atoms with van der Waals surface area (Å²) in [6.45, 7) is 0. The second-order valence-electron chi connectivity index (χ2n) is 3.15. The number of pyridine rings is 2. The van der Waals surface area contributed by atoms with Crippen molar-refractivity contribution in [3.8, 4) is 0 Å². The summed E-state index contributed by atoms with van der Waals surface area (Å²) in [5.41, 5.74) is 1.15. The molecule has 0 aliphatic heterocycles. The van der Waals surface area contributed by atoms with E-state index in [4.69, 9.17) is 0 Å². The fourth-order valence-corrected chi connectivity index (χ4v) is 1.36. The van der Waals surface area contributed by atoms with E-state index in [1.54, 1.807) is 12.1 Å². The Labute approximate surface area is 92.0 Å². The first-order valence-electron chi connectivity index (χ1n) is 4.67. The van der Waals surface area contributed by atoms with Gasteiger partial charge < -0.3 is 0 Å². The summed E-state index contributed by atoms with van der Waals surface area (Å²) in [4.78, 5) is 30.4. The predicted octanol–water partition coefficient (Wildman–Crippen LogP) is 1.52. The van der Waals surface area contributed by atoms with Gasteiger partial charge in [-0.15, -0.1) is 0 Å². The molecule has 0 aliphatic rings. The lowest BCUT2D eigenvalue weighted by atomic mass is 10.0. The van der Waals surface area contributed by atoms with Crippen LogP contribution in [-0.2, 0) is 0 Å². The van der Waals surface area contributed by atoms with Gasteiger partial charge in [0.2, 0.25) is 0 Å². The zero-order valence-corrected chi connectivity index (χ0v) is 8.33. The number of aromatic nitrogens is 2. The molecule has 0 saturated heterocycles. The summed E-state index contributed by atoms with van der Waals surface area (Å²) >= 11 is 0. The molecule has 0 N–H and O–H groups in total. The lowest BCUT2D eigenvalue weighted by molar-refractivity contribution is 0.102. The van der Waals surface area contributed by atoms with Gasteiger partial charge in [-0.2, -0.15) is 0 Å². The zero-order chi connectivity index (χ0) is 11.4. The first kappa shape index (κ1) is 10.2. The van der Waals surface area contributed by atoms with E-state index in [-0.39, 0.29) is 5.78 Å². The molecule has 78 valence electrons. The molecule has 0 radical (unpaired) electrons. The van der Waals surface area contributed by atoms with Crippen molar-refractivity contribution in [3.63, 3.8) is 0 Å². The Kier molecular flexibility index (Phi) is 2.82. The van der Waals surface area contributed by atoms with Gasteiger partial charge in [0, 0.05) is 35.9 Å². The molecule has 0 aliphatic carbocycles. The number of carbonyl (C=O) groups is 2. The predicted molar refractivity (Wildman–Crippen MR) is 57.3 cm³/mol. The molecule has 0 fully saturated rings. The number of ketones is 1. The Morgan fingerprint density at radius 2 is 1.75 bits per heavy atom. The molecule has 2 aromatic rings. The van der Waals surface area contributed by atoms with Crippen LogP contribution in [0, 0.1) is 0 Å². The van der Waals surface area contributed by atoms with Crippen molar-refractivity contribution < 1.29 is 9.59 Å². The summed E-state index contributed by atoms with van der Waals surface area (Å²) < 4.78 is 0. The first-order chi connectivity index (χ1) is 7.83. The van der Waals surface area contributed by atoms with E-state index in [0.29, 0.717) is 23.0 Å². The monoisotopic (exact) mass is 212 g/mol. The maximum atomic E-state index is 12.0. The van der Waals surface area contributed by atoms with E-state index in [0.717, 1.165) is 0 Å². The highest BCUT2D eigenvalue weighted by Crippen LogP contribution is 2.11. The Morgan fingerprint density at radius 3 is 2.44 bits per heavy atom. The minimum absolute atomic E-state index is 0.224. The van der Waals surface area contributed by atoms with Crippen LogP contribution >= 0.6 is 0 Å². The average Bonchev–Trinajstić information content (AvgIpc) is 2.39. The van der Waals surface area contributed by atoms with Crippen LogP contribution in [0.5, 0.6) is 0 Å². The molecule has 0 aromatic carbocycles. The van der Waals surface area contributed by atoms with Crippen LogP contribution in [0.25, 0.3) is 0 Å². The van der Waals surface area contributed by atoms with Crippen molar-refractivity contribution in [2.75, 3.05) is 0 Å². The topological polar surface area (TPSA) is 59.9 Å². The van der Waals surface area contributed by atoms with Gasteiger partial charge >= 0.3 is 0 Å². The molecule has 2 aromatic heterocycles. The molecule has 2 rings (SSSR count). The van der Waals surface area contributed by atoms with Gasteiger partial charge in [0.15, 0.2) is 12.1 Å². The molecular formula is C12H8N2O2. The van der Waals surface area contributed by atoms with Gasteiger partial charge in [-0.1, -0.05) is 0 Å². The third-order valence-electron chi connectivity index (χ3n) is 2.17. The Morgan fingerprint density at radius 1 is 1.06 bits per heavy atom. The first-order valence-corrected chi connectivity index (χ1v) is 4.67. The van der Waals surface area contributed by atoms with Crippen molar-refractivity contribution >= 4 is 12.1 Å². The smallest absolute Gasteiger partial charge is 0.195 e. The highest BCUT2D eigenvalue weighted by molar-refractivity contribution is 6.12. The van der Waals surface area contributed by atoms with E-state index in [1.807, 2.05) is 0 Å². The molecule has 0 atom stereocenters. The van der Waals surface area contributed by atoms with E-state index in [1.165, 1.54) is 30.9 Å². The molecule has 4 heteroatoms. The number of rotatable bonds is 3. The third-order valence-corrected chi connectivity index (χ3v) is 2.17. The fraction of sp³-hybridized carbons (Fsp3) is 0. The lowest BCUT2D eigenvalue weighted by Crippen LogP contribution is -2.05. The lowest BCUT2D eigenvalue weighted by Gasteiger charge is -2.02. The fourth-order valence-electron chi connectivity index (χ4n) is 1.36. The third kappa shape index (κ3) is 1.86. The zero-order valence-electron chi connectivity index (χ0n) is 8.33. The van der Waals surface area contributed by atoms with E-state index < -0.39 is 0 Å². The van der Waals surface area contributed by atoms with Crippen molar-refractivity contribution in [2.45, 2.75) is 0 Å². The van der Waals surface area contributed by atoms with E-state index in [9.17, 15) is 9.59 Å². The minimum Gasteiger partial charge on any atom is -0.298 e. The Hall–Kier alpha value is -2.36. The SMILES string of the molecule is O=Cc1ccncc1C(=O)c1ccncc1.